The third kappa shape index (κ3) is 3.87. The van der Waals surface area contributed by atoms with Gasteiger partial charge in [0.2, 0.25) is 0 Å². The van der Waals surface area contributed by atoms with Gasteiger partial charge in [-0.15, -0.1) is 0 Å². The number of halogens is 1. The molecule has 1 aliphatic rings. The number of carbonyl (C=O) groups excluding carboxylic acids is 1. The van der Waals surface area contributed by atoms with E-state index in [1.807, 2.05) is 67.6 Å². The van der Waals surface area contributed by atoms with Crippen LogP contribution in [0, 0.1) is 6.92 Å². The van der Waals surface area contributed by atoms with Crippen LogP contribution in [0.15, 0.2) is 66.9 Å². The minimum Gasteiger partial charge on any atom is -0.328 e. The average molecular weight is 392 g/mol. The summed E-state index contributed by atoms with van der Waals surface area (Å²) in [4.78, 5) is 16.8. The number of urea groups is 1. The molecule has 0 saturated heterocycles. The molecule has 28 heavy (non-hydrogen) atoms. The Hall–Kier alpha value is -2.85. The molecule has 1 heterocycles. The van der Waals surface area contributed by atoms with Crippen molar-refractivity contribution in [2.75, 3.05) is 5.32 Å². The fourth-order valence-electron chi connectivity index (χ4n) is 3.64. The Morgan fingerprint density at radius 3 is 2.32 bits per heavy atom. The smallest absolute Gasteiger partial charge is 0.319 e. The largest absolute Gasteiger partial charge is 0.328 e. The zero-order chi connectivity index (χ0) is 19.6. The van der Waals surface area contributed by atoms with Crippen LogP contribution >= 0.6 is 11.6 Å². The van der Waals surface area contributed by atoms with E-state index in [-0.39, 0.29) is 11.6 Å². The standard InChI is InChI=1S/C23H22ClN3O/c1-16-15-18(11-14-25-16)17-3-9-21(10-4-17)26-22(28)27-23(12-2-13-23)19-5-7-20(24)8-6-19/h3-11,14-15H,2,12-13H2,1H3,(H2,26,27,28). The Bertz CT molecular complexity index is 979. The van der Waals surface area contributed by atoms with Crippen LogP contribution in [-0.2, 0) is 5.54 Å². The van der Waals surface area contributed by atoms with Crippen LogP contribution in [-0.4, -0.2) is 11.0 Å². The van der Waals surface area contributed by atoms with E-state index in [4.69, 9.17) is 11.6 Å². The molecule has 3 aromatic rings. The van der Waals surface area contributed by atoms with Crippen LogP contribution in [0.5, 0.6) is 0 Å². The van der Waals surface area contributed by atoms with Crippen LogP contribution in [0.25, 0.3) is 11.1 Å². The van der Waals surface area contributed by atoms with Gasteiger partial charge in [-0.25, -0.2) is 4.79 Å². The maximum Gasteiger partial charge on any atom is 0.319 e. The Morgan fingerprint density at radius 2 is 1.71 bits per heavy atom. The summed E-state index contributed by atoms with van der Waals surface area (Å²) in [7, 11) is 0. The van der Waals surface area contributed by atoms with Gasteiger partial charge < -0.3 is 10.6 Å². The van der Waals surface area contributed by atoms with Crippen LogP contribution in [0.1, 0.15) is 30.5 Å². The number of aryl methyl sites for hydroxylation is 1. The van der Waals surface area contributed by atoms with Gasteiger partial charge in [0.05, 0.1) is 5.54 Å². The summed E-state index contributed by atoms with van der Waals surface area (Å²) in [6.45, 7) is 1.97. The fourth-order valence-corrected chi connectivity index (χ4v) is 3.76. The number of aromatic nitrogens is 1. The molecule has 1 aromatic heterocycles. The van der Waals surface area contributed by atoms with Crippen molar-refractivity contribution in [3.8, 4) is 11.1 Å². The predicted octanol–water partition coefficient (Wildman–Crippen LogP) is 5.91. The van der Waals surface area contributed by atoms with E-state index in [1.165, 1.54) is 0 Å². The Balaban J connectivity index is 1.44. The number of benzene rings is 2. The first-order valence-corrected chi connectivity index (χ1v) is 9.80. The van der Waals surface area contributed by atoms with Gasteiger partial charge in [0.15, 0.2) is 0 Å². The average Bonchev–Trinajstić information content (AvgIpc) is 2.66. The first-order chi connectivity index (χ1) is 13.5. The normalized spacial score (nSPS) is 14.8. The second kappa shape index (κ2) is 7.64. The topological polar surface area (TPSA) is 54.0 Å². The van der Waals surface area contributed by atoms with E-state index in [9.17, 15) is 4.79 Å². The molecule has 0 radical (unpaired) electrons. The lowest BCUT2D eigenvalue weighted by atomic mass is 9.72. The molecule has 0 aliphatic heterocycles. The van der Waals surface area contributed by atoms with E-state index in [2.05, 4.69) is 15.6 Å². The second-order valence-corrected chi connectivity index (χ2v) is 7.72. The molecule has 4 rings (SSSR count). The minimum atomic E-state index is -0.302. The zero-order valence-electron chi connectivity index (χ0n) is 15.7. The molecule has 1 fully saturated rings. The molecular formula is C23H22ClN3O. The first kappa shape index (κ1) is 18.5. The fraction of sp³-hybridized carbons (Fsp3) is 0.217. The molecular weight excluding hydrogens is 370 g/mol. The highest BCUT2D eigenvalue weighted by molar-refractivity contribution is 6.30. The summed E-state index contributed by atoms with van der Waals surface area (Å²) in [6, 6.07) is 19.4. The third-order valence-electron chi connectivity index (χ3n) is 5.33. The Morgan fingerprint density at radius 1 is 1.00 bits per heavy atom. The summed E-state index contributed by atoms with van der Waals surface area (Å²) in [6.07, 6.45) is 4.77. The van der Waals surface area contributed by atoms with Crippen molar-refractivity contribution in [2.45, 2.75) is 31.7 Å². The monoisotopic (exact) mass is 391 g/mol. The van der Waals surface area contributed by atoms with Gasteiger partial charge in [-0.3, -0.25) is 4.98 Å². The van der Waals surface area contributed by atoms with Crippen molar-refractivity contribution >= 4 is 23.3 Å². The summed E-state index contributed by atoms with van der Waals surface area (Å²) in [5.41, 5.74) is 4.74. The molecule has 142 valence electrons. The number of carbonyl (C=O) groups is 1. The highest BCUT2D eigenvalue weighted by atomic mass is 35.5. The SMILES string of the molecule is Cc1cc(-c2ccc(NC(=O)NC3(c4ccc(Cl)cc4)CCC3)cc2)ccn1. The van der Waals surface area contributed by atoms with Crippen molar-refractivity contribution in [3.63, 3.8) is 0 Å². The predicted molar refractivity (Wildman–Crippen MR) is 114 cm³/mol. The molecule has 4 nitrogen and oxygen atoms in total. The van der Waals surface area contributed by atoms with Gasteiger partial charge in [0.25, 0.3) is 0 Å². The van der Waals surface area contributed by atoms with Crippen molar-refractivity contribution in [1.29, 1.82) is 0 Å². The number of hydrogen-bond acceptors (Lipinski definition) is 2. The maximum atomic E-state index is 12.6. The third-order valence-corrected chi connectivity index (χ3v) is 5.58. The van der Waals surface area contributed by atoms with Crippen LogP contribution < -0.4 is 10.6 Å². The Kier molecular flexibility index (Phi) is 5.05. The van der Waals surface area contributed by atoms with Gasteiger partial charge >= 0.3 is 6.03 Å². The molecule has 5 heteroatoms. The van der Waals surface area contributed by atoms with E-state index in [0.29, 0.717) is 5.02 Å². The maximum absolute atomic E-state index is 12.6. The van der Waals surface area contributed by atoms with Gasteiger partial charge in [-0.2, -0.15) is 0 Å². The lowest BCUT2D eigenvalue weighted by molar-refractivity contribution is 0.185. The first-order valence-electron chi connectivity index (χ1n) is 9.42. The van der Waals surface area contributed by atoms with Gasteiger partial charge in [-0.05, 0) is 79.3 Å². The highest BCUT2D eigenvalue weighted by Gasteiger charge is 2.40. The lowest BCUT2D eigenvalue weighted by Gasteiger charge is -2.43. The number of pyridine rings is 1. The summed E-state index contributed by atoms with van der Waals surface area (Å²) in [5, 5.41) is 6.82. The van der Waals surface area contributed by atoms with Crippen molar-refractivity contribution in [2.24, 2.45) is 0 Å². The summed E-state index contributed by atoms with van der Waals surface area (Å²) >= 11 is 6.00. The van der Waals surface area contributed by atoms with Gasteiger partial charge in [-0.1, -0.05) is 35.9 Å². The minimum absolute atomic E-state index is 0.192. The van der Waals surface area contributed by atoms with E-state index in [1.54, 1.807) is 6.20 Å². The molecule has 0 bridgehead atoms. The molecule has 2 N–H and O–H groups in total. The highest BCUT2D eigenvalue weighted by Crippen LogP contribution is 2.41. The second-order valence-electron chi connectivity index (χ2n) is 7.28. The number of nitrogens with one attached hydrogen (secondary N) is 2. The van der Waals surface area contributed by atoms with Crippen molar-refractivity contribution in [1.82, 2.24) is 10.3 Å². The van der Waals surface area contributed by atoms with Crippen molar-refractivity contribution in [3.05, 3.63) is 83.1 Å². The zero-order valence-corrected chi connectivity index (χ0v) is 16.5. The molecule has 1 saturated carbocycles. The molecule has 2 amide bonds. The van der Waals surface area contributed by atoms with Crippen LogP contribution in [0.2, 0.25) is 5.02 Å². The van der Waals surface area contributed by atoms with Gasteiger partial charge in [0, 0.05) is 22.6 Å². The van der Waals surface area contributed by atoms with Crippen LogP contribution in [0.3, 0.4) is 0 Å². The number of anilines is 1. The molecule has 1 aliphatic carbocycles. The quantitative estimate of drug-likeness (QED) is 0.580. The van der Waals surface area contributed by atoms with Crippen LogP contribution in [0.4, 0.5) is 10.5 Å². The molecule has 0 unspecified atom stereocenters. The number of hydrogen-bond donors (Lipinski definition) is 2. The number of nitrogens with zero attached hydrogens (tertiary/aromatic N) is 1. The molecule has 2 aromatic carbocycles. The van der Waals surface area contributed by atoms with E-state index < -0.39 is 0 Å². The van der Waals surface area contributed by atoms with Crippen molar-refractivity contribution < 1.29 is 4.79 Å². The lowest BCUT2D eigenvalue weighted by Crippen LogP contribution is -2.52. The number of amides is 2. The molecule has 0 atom stereocenters. The van der Waals surface area contributed by atoms with E-state index in [0.717, 1.165) is 47.3 Å². The molecule has 0 spiro atoms. The van der Waals surface area contributed by atoms with E-state index >= 15 is 0 Å². The summed E-state index contributed by atoms with van der Waals surface area (Å²) < 4.78 is 0. The Labute approximate surface area is 170 Å². The van der Waals surface area contributed by atoms with Gasteiger partial charge in [0.1, 0.15) is 0 Å². The number of rotatable bonds is 4. The summed E-state index contributed by atoms with van der Waals surface area (Å²) in [5.74, 6) is 0.